The summed E-state index contributed by atoms with van der Waals surface area (Å²) in [6.07, 6.45) is 18.2. The zero-order valence-electron chi connectivity index (χ0n) is 48.3. The third-order valence-corrected chi connectivity index (χ3v) is 14.9. The minimum atomic E-state index is -0.0737. The molecule has 12 heteroatoms. The second-order valence-corrected chi connectivity index (χ2v) is 21.0. The highest BCUT2D eigenvalue weighted by Crippen LogP contribution is 2.39. The van der Waals surface area contributed by atoms with Crippen LogP contribution in [0.3, 0.4) is 0 Å². The van der Waals surface area contributed by atoms with Crippen molar-refractivity contribution in [2.75, 3.05) is 56.2 Å². The van der Waals surface area contributed by atoms with Gasteiger partial charge in [-0.3, -0.25) is 14.6 Å². The Morgan fingerprint density at radius 2 is 1.15 bits per heavy atom. The maximum absolute atomic E-state index is 13.0. The lowest BCUT2D eigenvalue weighted by molar-refractivity contribution is 0.0944. The summed E-state index contributed by atoms with van der Waals surface area (Å²) in [6, 6.07) is 44.2. The van der Waals surface area contributed by atoms with Gasteiger partial charge in [-0.15, -0.1) is 0 Å². The molecule has 2 aliphatic rings. The molecule has 0 atom stereocenters. The van der Waals surface area contributed by atoms with Gasteiger partial charge in [-0.05, 0) is 160 Å². The first-order chi connectivity index (χ1) is 39.5. The van der Waals surface area contributed by atoms with E-state index in [1.165, 1.54) is 16.8 Å². The number of rotatable bonds is 27. The fourth-order valence-electron chi connectivity index (χ4n) is 10.2. The molecule has 2 aliphatic carbocycles. The monoisotopic (exact) mass is 1080 g/mol. The minimum Gasteiger partial charge on any atom is -0.388 e. The topological polar surface area (TPSA) is 146 Å². The molecule has 0 spiro atoms. The van der Waals surface area contributed by atoms with E-state index in [9.17, 15) is 9.59 Å². The molecule has 0 saturated carbocycles. The van der Waals surface area contributed by atoms with Crippen LogP contribution in [0.1, 0.15) is 110 Å². The molecule has 418 valence electrons. The van der Waals surface area contributed by atoms with Crippen molar-refractivity contribution in [3.05, 3.63) is 203 Å². The largest absolute Gasteiger partial charge is 0.388 e. The van der Waals surface area contributed by atoms with E-state index in [1.54, 1.807) is 0 Å². The highest BCUT2D eigenvalue weighted by molar-refractivity contribution is 6.02. The van der Waals surface area contributed by atoms with Gasteiger partial charge < -0.3 is 37.2 Å². The lowest BCUT2D eigenvalue weighted by Crippen LogP contribution is -2.24. The summed E-state index contributed by atoms with van der Waals surface area (Å²) >= 11 is 0. The van der Waals surface area contributed by atoms with Gasteiger partial charge in [0.15, 0.2) is 0 Å². The molecule has 0 heterocycles. The average Bonchev–Trinajstić information content (AvgIpc) is 3.63. The molecular weight excluding hydrogens is 1000 g/mol. The zero-order valence-corrected chi connectivity index (χ0v) is 48.3. The standard InChI is InChI=1S/C69H80N10O2/c1-48-44-57(34-36-60(48)70-5)77-63-39-38-62(51(4)67(63)79(7)59-24-16-13-17-25-59)73-41-19-9-11-21-43-75-69(81)55-32-28-53(29-33-55)52-26-30-54(31-27-52)68(80)74-42-20-10-8-18-40-72-61-37-35-58(45-49(61)2)78-65-46-50(3)64(71-6)47-66(65)76-56-22-14-12-15-23-56/h12-17,22-33,35-39,44,46-47,70-73,76H,7-11,18-21,34,40-43,45H2,1-6H3,(H-,74,75,80,81)/p+1. The highest BCUT2D eigenvalue weighted by atomic mass is 16.2. The van der Waals surface area contributed by atoms with Crippen LogP contribution < -0.4 is 41.8 Å². The summed E-state index contributed by atoms with van der Waals surface area (Å²) in [5.74, 6) is -0.141. The van der Waals surface area contributed by atoms with Gasteiger partial charge in [-0.25, -0.2) is 4.99 Å². The summed E-state index contributed by atoms with van der Waals surface area (Å²) in [4.78, 5) is 36.3. The van der Waals surface area contributed by atoms with Gasteiger partial charge in [0.2, 0.25) is 11.4 Å². The van der Waals surface area contributed by atoms with Crippen LogP contribution in [0.5, 0.6) is 0 Å². The van der Waals surface area contributed by atoms with Gasteiger partial charge in [0.25, 0.3) is 11.8 Å². The zero-order chi connectivity index (χ0) is 56.9. The highest BCUT2D eigenvalue weighted by Gasteiger charge is 2.23. The lowest BCUT2D eigenvalue weighted by atomic mass is 10.0. The molecule has 81 heavy (non-hydrogen) atoms. The summed E-state index contributed by atoms with van der Waals surface area (Å²) in [7, 11) is 3.89. The fraction of sp³-hybridized carbons (Fsp3) is 0.290. The van der Waals surface area contributed by atoms with Crippen LogP contribution in [0.25, 0.3) is 11.1 Å². The number of allylic oxidation sites excluding steroid dienone is 6. The first-order valence-electron chi connectivity index (χ1n) is 28.8. The minimum absolute atomic E-state index is 0.0677. The van der Waals surface area contributed by atoms with E-state index < -0.39 is 0 Å². The average molecular weight is 1080 g/mol. The Hall–Kier alpha value is -8.77. The second kappa shape index (κ2) is 29.4. The summed E-state index contributed by atoms with van der Waals surface area (Å²) in [6.45, 7) is 16.0. The fourth-order valence-corrected chi connectivity index (χ4v) is 10.2. The quantitative estimate of drug-likeness (QED) is 0.0154. The van der Waals surface area contributed by atoms with E-state index in [2.05, 4.69) is 144 Å². The van der Waals surface area contributed by atoms with Gasteiger partial charge in [-0.1, -0.05) is 92.4 Å². The Balaban J connectivity index is 0.692. The maximum atomic E-state index is 13.0. The molecule has 0 unspecified atom stereocenters. The second-order valence-electron chi connectivity index (χ2n) is 21.0. The van der Waals surface area contributed by atoms with Crippen LogP contribution in [0.4, 0.5) is 45.5 Å². The molecule has 0 aromatic heterocycles. The lowest BCUT2D eigenvalue weighted by Gasteiger charge is -2.18. The number of unbranched alkanes of at least 4 members (excludes halogenated alkanes) is 6. The van der Waals surface area contributed by atoms with E-state index >= 15 is 0 Å². The molecule has 0 aliphatic heterocycles. The van der Waals surface area contributed by atoms with Crippen LogP contribution in [-0.4, -0.2) is 70.2 Å². The smallest absolute Gasteiger partial charge is 0.251 e. The van der Waals surface area contributed by atoms with Crippen molar-refractivity contribution in [1.29, 1.82) is 0 Å². The van der Waals surface area contributed by atoms with Crippen molar-refractivity contribution in [3.8, 4) is 11.1 Å². The van der Waals surface area contributed by atoms with Crippen molar-refractivity contribution in [3.63, 3.8) is 0 Å². The molecule has 2 amide bonds. The van der Waals surface area contributed by atoms with E-state index in [-0.39, 0.29) is 11.8 Å². The number of amides is 2. The van der Waals surface area contributed by atoms with Crippen molar-refractivity contribution in [2.45, 2.75) is 91.9 Å². The van der Waals surface area contributed by atoms with E-state index in [0.29, 0.717) is 24.2 Å². The van der Waals surface area contributed by atoms with Crippen LogP contribution >= 0.6 is 0 Å². The molecule has 8 rings (SSSR count). The Morgan fingerprint density at radius 1 is 0.568 bits per heavy atom. The van der Waals surface area contributed by atoms with Gasteiger partial charge >= 0.3 is 0 Å². The predicted octanol–water partition coefficient (Wildman–Crippen LogP) is 15.1. The molecule has 12 nitrogen and oxygen atoms in total. The number of para-hydroxylation sites is 2. The third-order valence-electron chi connectivity index (χ3n) is 14.9. The molecule has 7 N–H and O–H groups in total. The number of likely N-dealkylation sites (N-methyl/N-ethyl adjacent to an activating group) is 1. The Morgan fingerprint density at radius 3 is 1.73 bits per heavy atom. The molecule has 0 radical (unpaired) electrons. The number of carbonyl (C=O) groups is 2. The van der Waals surface area contributed by atoms with Crippen molar-refractivity contribution >= 4 is 75.5 Å². The van der Waals surface area contributed by atoms with Gasteiger partial charge in [0, 0.05) is 122 Å². The molecular formula is C69H81N10O2+. The number of aryl methyl sites for hydroxylation is 1. The Kier molecular flexibility index (Phi) is 21.2. The molecule has 0 saturated heterocycles. The van der Waals surface area contributed by atoms with Crippen LogP contribution in [0.15, 0.2) is 190 Å². The third kappa shape index (κ3) is 16.4. The van der Waals surface area contributed by atoms with Crippen molar-refractivity contribution < 1.29 is 9.59 Å². The SMILES string of the molecule is C=[N+](c1ccccc1)c1c(N=C2C=C(C)C(NC)=CC2)ccc(NCCCCCCNC(=O)c2ccc(-c3ccc(C(=O)NCCCCCCNC4=C(C)CC(=Nc5cc(C)c(NC)cc5Nc5ccccc5)C=C4)cc3)cc2)c1C. The molecule has 0 fully saturated rings. The van der Waals surface area contributed by atoms with E-state index in [4.69, 9.17) is 9.98 Å². The number of benzene rings is 6. The van der Waals surface area contributed by atoms with Crippen molar-refractivity contribution in [2.24, 2.45) is 9.98 Å². The first kappa shape index (κ1) is 58.4. The summed E-state index contributed by atoms with van der Waals surface area (Å²) < 4.78 is 1.98. The Labute approximate surface area is 480 Å². The van der Waals surface area contributed by atoms with E-state index in [0.717, 1.165) is 162 Å². The number of anilines is 4. The van der Waals surface area contributed by atoms with Crippen LogP contribution in [-0.2, 0) is 0 Å². The predicted molar refractivity (Wildman–Crippen MR) is 343 cm³/mol. The number of carbonyl (C=O) groups excluding carboxylic acids is 2. The summed E-state index contributed by atoms with van der Waals surface area (Å²) in [5, 5.41) is 23.6. The maximum Gasteiger partial charge on any atom is 0.251 e. The van der Waals surface area contributed by atoms with Crippen LogP contribution in [0, 0.1) is 13.8 Å². The number of hydrogen-bond donors (Lipinski definition) is 7. The van der Waals surface area contributed by atoms with E-state index in [1.807, 2.05) is 104 Å². The van der Waals surface area contributed by atoms with Gasteiger partial charge in [0.1, 0.15) is 12.4 Å². The summed E-state index contributed by atoms with van der Waals surface area (Å²) in [5.41, 5.74) is 20.2. The number of aliphatic imine (C=N–C) groups is 2. The number of hydrogen-bond acceptors (Lipinski definition) is 9. The normalized spacial score (nSPS) is 14.0. The van der Waals surface area contributed by atoms with Crippen molar-refractivity contribution in [1.82, 2.24) is 25.8 Å². The number of nitrogens with zero attached hydrogens (tertiary/aromatic N) is 3. The first-order valence-corrected chi connectivity index (χ1v) is 28.8. The Bertz CT molecular complexity index is 3330. The van der Waals surface area contributed by atoms with Gasteiger partial charge in [0.05, 0.1) is 11.4 Å². The molecule has 6 aromatic carbocycles. The molecule has 0 bridgehead atoms. The number of nitrogens with one attached hydrogen (secondary N) is 7. The van der Waals surface area contributed by atoms with Gasteiger partial charge in [-0.2, -0.15) is 4.58 Å². The van der Waals surface area contributed by atoms with Crippen LogP contribution in [0.2, 0.25) is 0 Å². The molecule has 6 aromatic rings.